The average Bonchev–Trinajstić information content (AvgIpc) is 3.32. The highest BCUT2D eigenvalue weighted by atomic mass is 16.1. The number of benzene rings is 2. The zero-order chi connectivity index (χ0) is 21.5. The molecule has 0 unspecified atom stereocenters. The van der Waals surface area contributed by atoms with Gasteiger partial charge in [0, 0.05) is 48.5 Å². The molecule has 0 atom stereocenters. The van der Waals surface area contributed by atoms with E-state index >= 15 is 0 Å². The Morgan fingerprint density at radius 2 is 1.71 bits per heavy atom. The first-order valence-electron chi connectivity index (χ1n) is 10.8. The van der Waals surface area contributed by atoms with Gasteiger partial charge >= 0.3 is 0 Å². The molecule has 0 saturated carbocycles. The lowest BCUT2D eigenvalue weighted by Crippen LogP contribution is -2.26. The van der Waals surface area contributed by atoms with Gasteiger partial charge in [0.2, 0.25) is 0 Å². The molecule has 1 aromatic heterocycles. The van der Waals surface area contributed by atoms with Gasteiger partial charge in [-0.2, -0.15) is 0 Å². The van der Waals surface area contributed by atoms with Gasteiger partial charge < -0.3 is 15.6 Å². The molecule has 0 radical (unpaired) electrons. The molecular weight excluding hydrogens is 384 g/mol. The van der Waals surface area contributed by atoms with Gasteiger partial charge in [-0.05, 0) is 61.3 Å². The maximum Gasteiger partial charge on any atom is 0.255 e. The van der Waals surface area contributed by atoms with Crippen molar-refractivity contribution in [3.05, 3.63) is 93.9 Å². The highest BCUT2D eigenvalue weighted by molar-refractivity contribution is 5.86. The summed E-state index contributed by atoms with van der Waals surface area (Å²) in [6.07, 6.45) is 9.64. The maximum absolute atomic E-state index is 12.7. The first kappa shape index (κ1) is 20.8. The van der Waals surface area contributed by atoms with Crippen molar-refractivity contribution >= 4 is 24.1 Å². The highest BCUT2D eigenvalue weighted by Gasteiger charge is 2.11. The summed E-state index contributed by atoms with van der Waals surface area (Å²) in [6.45, 7) is 4.22. The van der Waals surface area contributed by atoms with Gasteiger partial charge in [0.05, 0.1) is 0 Å². The summed E-state index contributed by atoms with van der Waals surface area (Å²) >= 11 is 0. The molecular formula is C26H28N4O. The van der Waals surface area contributed by atoms with Crippen LogP contribution in [0.3, 0.4) is 0 Å². The molecule has 2 aromatic carbocycles. The zero-order valence-electron chi connectivity index (χ0n) is 17.6. The standard InChI is InChI=1S/C26H28N4O/c27-20-23-19-24(10-11-25(23)28-13-17-29-14-4-5-15-29)30-16-12-22(18-26(30)31)9-8-21-6-2-1-3-7-21/h1-3,6-12,16,18-20,27-28H,4-5,13-15,17H2/b9-8+,27-20?. The lowest BCUT2D eigenvalue weighted by molar-refractivity contribution is 0.352. The van der Waals surface area contributed by atoms with Crippen molar-refractivity contribution in [2.45, 2.75) is 12.8 Å². The number of rotatable bonds is 8. The van der Waals surface area contributed by atoms with Gasteiger partial charge in [-0.3, -0.25) is 9.36 Å². The van der Waals surface area contributed by atoms with Crippen molar-refractivity contribution in [1.29, 1.82) is 5.41 Å². The van der Waals surface area contributed by atoms with E-state index in [0.717, 1.165) is 41.2 Å². The van der Waals surface area contributed by atoms with Crippen LogP contribution in [0.4, 0.5) is 5.69 Å². The quantitative estimate of drug-likeness (QED) is 0.535. The first-order chi connectivity index (χ1) is 15.2. The van der Waals surface area contributed by atoms with Crippen molar-refractivity contribution in [3.63, 3.8) is 0 Å². The SMILES string of the molecule is N=Cc1cc(-n2ccc(/C=C/c3ccccc3)cc2=O)ccc1NCCN1CCCC1. The van der Waals surface area contributed by atoms with Crippen LogP contribution in [0.5, 0.6) is 0 Å². The Labute approximate surface area is 183 Å². The molecule has 0 spiro atoms. The summed E-state index contributed by atoms with van der Waals surface area (Å²) in [6, 6.07) is 19.3. The van der Waals surface area contributed by atoms with E-state index in [2.05, 4.69) is 10.2 Å². The van der Waals surface area contributed by atoms with Crippen LogP contribution in [0, 0.1) is 5.41 Å². The number of anilines is 1. The predicted octanol–water partition coefficient (Wildman–Crippen LogP) is 4.51. The van der Waals surface area contributed by atoms with Crippen molar-refractivity contribution in [2.75, 3.05) is 31.5 Å². The Hall–Kier alpha value is -3.44. The second kappa shape index (κ2) is 10.0. The Balaban J connectivity index is 1.47. The molecule has 2 heterocycles. The van der Waals surface area contributed by atoms with E-state index < -0.39 is 0 Å². The second-order valence-electron chi connectivity index (χ2n) is 7.80. The molecule has 0 amide bonds. The highest BCUT2D eigenvalue weighted by Crippen LogP contribution is 2.18. The Bertz CT molecular complexity index is 1110. The molecule has 5 heteroatoms. The van der Waals surface area contributed by atoms with Gasteiger partial charge in [0.25, 0.3) is 5.56 Å². The van der Waals surface area contributed by atoms with Gasteiger partial charge in [-0.1, -0.05) is 42.5 Å². The van der Waals surface area contributed by atoms with E-state index in [1.165, 1.54) is 32.1 Å². The molecule has 2 N–H and O–H groups in total. The summed E-state index contributed by atoms with van der Waals surface area (Å²) in [5.74, 6) is 0. The molecule has 1 aliphatic heterocycles. The summed E-state index contributed by atoms with van der Waals surface area (Å²) in [4.78, 5) is 15.2. The molecule has 3 aromatic rings. The largest absolute Gasteiger partial charge is 0.383 e. The maximum atomic E-state index is 12.7. The monoisotopic (exact) mass is 412 g/mol. The smallest absolute Gasteiger partial charge is 0.255 e. The van der Waals surface area contributed by atoms with E-state index in [1.807, 2.05) is 66.7 Å². The molecule has 1 aliphatic rings. The number of likely N-dealkylation sites (tertiary alicyclic amines) is 1. The van der Waals surface area contributed by atoms with Crippen LogP contribution in [0.1, 0.15) is 29.5 Å². The number of nitrogens with one attached hydrogen (secondary N) is 2. The van der Waals surface area contributed by atoms with Crippen LogP contribution in [0.25, 0.3) is 17.8 Å². The summed E-state index contributed by atoms with van der Waals surface area (Å²) in [5, 5.41) is 11.2. The molecule has 4 rings (SSSR count). The predicted molar refractivity (Wildman–Crippen MR) is 129 cm³/mol. The fraction of sp³-hybridized carbons (Fsp3) is 0.231. The molecule has 31 heavy (non-hydrogen) atoms. The normalized spacial score (nSPS) is 14.2. The Morgan fingerprint density at radius 1 is 0.935 bits per heavy atom. The summed E-state index contributed by atoms with van der Waals surface area (Å²) in [7, 11) is 0. The van der Waals surface area contributed by atoms with Crippen LogP contribution in [0.2, 0.25) is 0 Å². The molecule has 1 saturated heterocycles. The van der Waals surface area contributed by atoms with Gasteiger partial charge in [0.15, 0.2) is 0 Å². The number of pyridine rings is 1. The average molecular weight is 413 g/mol. The van der Waals surface area contributed by atoms with E-state index in [-0.39, 0.29) is 5.56 Å². The van der Waals surface area contributed by atoms with E-state index in [0.29, 0.717) is 0 Å². The van der Waals surface area contributed by atoms with E-state index in [9.17, 15) is 4.79 Å². The minimum atomic E-state index is -0.0964. The Kier molecular flexibility index (Phi) is 6.75. The third-order valence-corrected chi connectivity index (χ3v) is 5.62. The molecule has 158 valence electrons. The third-order valence-electron chi connectivity index (χ3n) is 5.62. The lowest BCUT2D eigenvalue weighted by atomic mass is 10.1. The molecule has 5 nitrogen and oxygen atoms in total. The van der Waals surface area contributed by atoms with Crippen LogP contribution in [0.15, 0.2) is 71.7 Å². The lowest BCUT2D eigenvalue weighted by Gasteiger charge is -2.17. The van der Waals surface area contributed by atoms with Crippen molar-refractivity contribution in [1.82, 2.24) is 9.47 Å². The number of hydrogen-bond donors (Lipinski definition) is 2. The number of aromatic nitrogens is 1. The van der Waals surface area contributed by atoms with Crippen LogP contribution in [-0.2, 0) is 0 Å². The number of hydrogen-bond acceptors (Lipinski definition) is 4. The fourth-order valence-corrected chi connectivity index (χ4v) is 3.90. The van der Waals surface area contributed by atoms with Crippen molar-refractivity contribution in [3.8, 4) is 5.69 Å². The van der Waals surface area contributed by atoms with Crippen molar-refractivity contribution < 1.29 is 0 Å². The molecule has 0 bridgehead atoms. The van der Waals surface area contributed by atoms with Gasteiger partial charge in [-0.25, -0.2) is 0 Å². The van der Waals surface area contributed by atoms with Crippen LogP contribution < -0.4 is 10.9 Å². The molecule has 1 fully saturated rings. The fourth-order valence-electron chi connectivity index (χ4n) is 3.90. The first-order valence-corrected chi connectivity index (χ1v) is 10.8. The van der Waals surface area contributed by atoms with Crippen LogP contribution in [-0.4, -0.2) is 41.9 Å². The van der Waals surface area contributed by atoms with E-state index in [1.54, 1.807) is 16.8 Å². The molecule has 0 aliphatic carbocycles. The zero-order valence-corrected chi connectivity index (χ0v) is 17.6. The van der Waals surface area contributed by atoms with E-state index in [4.69, 9.17) is 5.41 Å². The van der Waals surface area contributed by atoms with Gasteiger partial charge in [0.1, 0.15) is 0 Å². The Morgan fingerprint density at radius 3 is 2.45 bits per heavy atom. The second-order valence-corrected chi connectivity index (χ2v) is 7.80. The van der Waals surface area contributed by atoms with Crippen molar-refractivity contribution in [2.24, 2.45) is 0 Å². The minimum Gasteiger partial charge on any atom is -0.383 e. The summed E-state index contributed by atoms with van der Waals surface area (Å²) < 4.78 is 1.61. The topological polar surface area (TPSA) is 61.1 Å². The number of nitrogens with zero attached hydrogens (tertiary/aromatic N) is 2. The van der Waals surface area contributed by atoms with Gasteiger partial charge in [-0.15, -0.1) is 0 Å². The minimum absolute atomic E-state index is 0.0964. The summed E-state index contributed by atoms with van der Waals surface area (Å²) in [5.41, 5.74) is 4.31. The van der Waals surface area contributed by atoms with Crippen LogP contribution >= 0.6 is 0 Å². The third kappa shape index (κ3) is 5.38.